The number of amides is 1. The quantitative estimate of drug-likeness (QED) is 0.785. The minimum Gasteiger partial charge on any atom is -0.448 e. The molecule has 0 aliphatic rings. The van der Waals surface area contributed by atoms with Crippen LogP contribution in [0, 0.1) is 0 Å². The number of nitrogens with two attached hydrogens (primary N) is 1. The summed E-state index contributed by atoms with van der Waals surface area (Å²) in [5.74, 6) is 0. The molecule has 0 aliphatic heterocycles. The van der Waals surface area contributed by atoms with Crippen LogP contribution >= 0.6 is 0 Å². The number of anilines is 1. The minimum absolute atomic E-state index is 0.00479. The van der Waals surface area contributed by atoms with Crippen molar-refractivity contribution in [1.29, 1.82) is 0 Å². The normalized spacial score (nSPS) is 10.0. The number of benzene rings is 1. The highest BCUT2D eigenvalue weighted by atomic mass is 16.5. The monoisotopic (exact) mass is 270 g/mol. The SMILES string of the molecule is CC.CC.NC(CO)COC(=O)Nc1ccccc1. The van der Waals surface area contributed by atoms with Crippen molar-refractivity contribution in [2.75, 3.05) is 18.5 Å². The molecule has 1 amide bonds. The van der Waals surface area contributed by atoms with Gasteiger partial charge in [0.1, 0.15) is 6.61 Å². The maximum Gasteiger partial charge on any atom is 0.411 e. The largest absolute Gasteiger partial charge is 0.448 e. The zero-order chi connectivity index (χ0) is 15.1. The molecule has 0 heterocycles. The lowest BCUT2D eigenvalue weighted by Crippen LogP contribution is -2.32. The van der Waals surface area contributed by atoms with Crippen molar-refractivity contribution in [3.05, 3.63) is 30.3 Å². The minimum atomic E-state index is -0.579. The molecule has 110 valence electrons. The van der Waals surface area contributed by atoms with Gasteiger partial charge in [0.25, 0.3) is 0 Å². The van der Waals surface area contributed by atoms with Crippen LogP contribution < -0.4 is 11.1 Å². The summed E-state index contributed by atoms with van der Waals surface area (Å²) in [5, 5.41) is 11.1. The standard InChI is InChI=1S/C10H14N2O3.2C2H6/c11-8(6-13)7-15-10(14)12-9-4-2-1-3-5-9;2*1-2/h1-5,8,13H,6-7,11H2,(H,12,14);2*1-2H3. The molecule has 0 aliphatic carbocycles. The molecule has 1 atom stereocenters. The Hall–Kier alpha value is -1.59. The number of carbonyl (C=O) groups excluding carboxylic acids is 1. The lowest BCUT2D eigenvalue weighted by Gasteiger charge is -2.09. The van der Waals surface area contributed by atoms with Gasteiger partial charge in [-0.3, -0.25) is 5.32 Å². The number of ether oxygens (including phenoxy) is 1. The number of aliphatic hydroxyl groups excluding tert-OH is 1. The zero-order valence-corrected chi connectivity index (χ0v) is 12.2. The van der Waals surface area contributed by atoms with E-state index in [0.717, 1.165) is 0 Å². The number of aliphatic hydroxyl groups is 1. The number of para-hydroxylation sites is 1. The van der Waals surface area contributed by atoms with Gasteiger partial charge in [-0.1, -0.05) is 45.9 Å². The van der Waals surface area contributed by atoms with Crippen LogP contribution in [0.3, 0.4) is 0 Å². The van der Waals surface area contributed by atoms with Crippen molar-refractivity contribution in [2.45, 2.75) is 33.7 Å². The Kier molecular flexibility index (Phi) is 15.0. The maximum absolute atomic E-state index is 11.2. The summed E-state index contributed by atoms with van der Waals surface area (Å²) in [6, 6.07) is 8.40. The van der Waals surface area contributed by atoms with Gasteiger partial charge in [0.2, 0.25) is 0 Å². The Balaban J connectivity index is 0. The molecule has 0 bridgehead atoms. The molecule has 0 saturated carbocycles. The highest BCUT2D eigenvalue weighted by Gasteiger charge is 2.06. The van der Waals surface area contributed by atoms with Crippen LogP contribution in [-0.2, 0) is 4.74 Å². The van der Waals surface area contributed by atoms with Gasteiger partial charge < -0.3 is 15.6 Å². The highest BCUT2D eigenvalue weighted by molar-refractivity contribution is 5.84. The molecule has 1 rings (SSSR count). The van der Waals surface area contributed by atoms with Crippen LogP contribution in [0.25, 0.3) is 0 Å². The van der Waals surface area contributed by atoms with E-state index < -0.39 is 12.1 Å². The first kappa shape index (κ1) is 19.7. The Bertz CT molecular complexity index is 305. The number of hydrogen-bond donors (Lipinski definition) is 3. The van der Waals surface area contributed by atoms with Gasteiger partial charge in [0.05, 0.1) is 12.6 Å². The molecule has 19 heavy (non-hydrogen) atoms. The lowest BCUT2D eigenvalue weighted by atomic mass is 10.3. The van der Waals surface area contributed by atoms with Crippen LogP contribution in [0.4, 0.5) is 10.5 Å². The molecule has 0 fully saturated rings. The highest BCUT2D eigenvalue weighted by Crippen LogP contribution is 2.05. The van der Waals surface area contributed by atoms with Gasteiger partial charge in [-0.05, 0) is 12.1 Å². The third-order valence-electron chi connectivity index (χ3n) is 1.68. The predicted molar refractivity (Wildman–Crippen MR) is 79.2 cm³/mol. The molecule has 4 N–H and O–H groups in total. The Morgan fingerprint density at radius 1 is 1.26 bits per heavy atom. The van der Waals surface area contributed by atoms with E-state index in [1.54, 1.807) is 24.3 Å². The molecule has 5 nitrogen and oxygen atoms in total. The second kappa shape index (κ2) is 14.5. The summed E-state index contributed by atoms with van der Waals surface area (Å²) < 4.78 is 4.76. The van der Waals surface area contributed by atoms with Crippen LogP contribution in [0.15, 0.2) is 30.3 Å². The number of nitrogens with one attached hydrogen (secondary N) is 1. The van der Waals surface area contributed by atoms with E-state index in [1.807, 2.05) is 33.8 Å². The molecule has 0 radical (unpaired) electrons. The van der Waals surface area contributed by atoms with Crippen LogP contribution in [0.1, 0.15) is 27.7 Å². The molecule has 0 aromatic heterocycles. The van der Waals surface area contributed by atoms with Gasteiger partial charge in [0.15, 0.2) is 0 Å². The summed E-state index contributed by atoms with van der Waals surface area (Å²) in [6.45, 7) is 7.79. The van der Waals surface area contributed by atoms with E-state index in [4.69, 9.17) is 15.6 Å². The Morgan fingerprint density at radius 3 is 2.26 bits per heavy atom. The van der Waals surface area contributed by atoms with Gasteiger partial charge in [-0.2, -0.15) is 0 Å². The van der Waals surface area contributed by atoms with E-state index in [-0.39, 0.29) is 13.2 Å². The van der Waals surface area contributed by atoms with E-state index in [0.29, 0.717) is 5.69 Å². The van der Waals surface area contributed by atoms with E-state index in [1.165, 1.54) is 0 Å². The van der Waals surface area contributed by atoms with Crippen LogP contribution in [0.2, 0.25) is 0 Å². The van der Waals surface area contributed by atoms with Crippen LogP contribution in [-0.4, -0.2) is 30.5 Å². The maximum atomic E-state index is 11.2. The average molecular weight is 270 g/mol. The van der Waals surface area contributed by atoms with Gasteiger partial charge in [-0.15, -0.1) is 0 Å². The van der Waals surface area contributed by atoms with E-state index in [9.17, 15) is 4.79 Å². The first-order valence-electron chi connectivity index (χ1n) is 6.57. The molecule has 5 heteroatoms. The third-order valence-corrected chi connectivity index (χ3v) is 1.68. The summed E-state index contributed by atoms with van der Waals surface area (Å²) >= 11 is 0. The number of carbonyl (C=O) groups is 1. The summed E-state index contributed by atoms with van der Waals surface area (Å²) in [6.07, 6.45) is -0.579. The molecular formula is C14H26N2O3. The van der Waals surface area contributed by atoms with Crippen molar-refractivity contribution in [3.63, 3.8) is 0 Å². The van der Waals surface area contributed by atoms with E-state index in [2.05, 4.69) is 5.32 Å². The van der Waals surface area contributed by atoms with Gasteiger partial charge in [-0.25, -0.2) is 4.79 Å². The second-order valence-electron chi connectivity index (χ2n) is 3.03. The van der Waals surface area contributed by atoms with Crippen molar-refractivity contribution in [3.8, 4) is 0 Å². The molecule has 1 unspecified atom stereocenters. The second-order valence-corrected chi connectivity index (χ2v) is 3.03. The lowest BCUT2D eigenvalue weighted by molar-refractivity contribution is 0.138. The molecule has 1 aromatic carbocycles. The number of hydrogen-bond acceptors (Lipinski definition) is 4. The van der Waals surface area contributed by atoms with Crippen molar-refractivity contribution < 1.29 is 14.6 Å². The van der Waals surface area contributed by atoms with Gasteiger partial charge >= 0.3 is 6.09 Å². The molecular weight excluding hydrogens is 244 g/mol. The predicted octanol–water partition coefficient (Wildman–Crippen LogP) is 2.61. The first-order valence-corrected chi connectivity index (χ1v) is 6.57. The molecule has 1 aromatic rings. The summed E-state index contributed by atoms with van der Waals surface area (Å²) in [5.41, 5.74) is 6.01. The van der Waals surface area contributed by atoms with Crippen molar-refractivity contribution in [1.82, 2.24) is 0 Å². The Morgan fingerprint density at radius 2 is 1.79 bits per heavy atom. The van der Waals surface area contributed by atoms with Crippen molar-refractivity contribution >= 4 is 11.8 Å². The fraction of sp³-hybridized carbons (Fsp3) is 0.500. The first-order chi connectivity index (χ1) is 9.22. The molecule has 0 saturated heterocycles. The Labute approximate surface area is 115 Å². The van der Waals surface area contributed by atoms with Crippen molar-refractivity contribution in [2.24, 2.45) is 5.73 Å². The fourth-order valence-electron chi connectivity index (χ4n) is 0.911. The zero-order valence-electron chi connectivity index (χ0n) is 12.2. The summed E-state index contributed by atoms with van der Waals surface area (Å²) in [4.78, 5) is 11.2. The number of rotatable bonds is 4. The van der Waals surface area contributed by atoms with Gasteiger partial charge in [0, 0.05) is 5.69 Å². The van der Waals surface area contributed by atoms with Crippen LogP contribution in [0.5, 0.6) is 0 Å². The summed E-state index contributed by atoms with van der Waals surface area (Å²) in [7, 11) is 0. The third kappa shape index (κ3) is 11.2. The van der Waals surface area contributed by atoms with E-state index >= 15 is 0 Å². The smallest absolute Gasteiger partial charge is 0.411 e. The molecule has 0 spiro atoms. The fourth-order valence-corrected chi connectivity index (χ4v) is 0.911. The average Bonchev–Trinajstić information content (AvgIpc) is 2.50. The topological polar surface area (TPSA) is 84.6 Å².